The van der Waals surface area contributed by atoms with Gasteiger partial charge < -0.3 is 19.8 Å². The van der Waals surface area contributed by atoms with Crippen molar-refractivity contribution in [1.29, 1.82) is 0 Å². The Bertz CT molecular complexity index is 738. The van der Waals surface area contributed by atoms with Crippen molar-refractivity contribution < 1.29 is 9.66 Å². The van der Waals surface area contributed by atoms with E-state index in [4.69, 9.17) is 4.74 Å². The first-order chi connectivity index (χ1) is 12.1. The van der Waals surface area contributed by atoms with Crippen molar-refractivity contribution in [2.45, 2.75) is 13.5 Å². The van der Waals surface area contributed by atoms with Gasteiger partial charge in [-0.3, -0.25) is 4.90 Å². The van der Waals surface area contributed by atoms with Gasteiger partial charge in [0.1, 0.15) is 18.5 Å². The highest BCUT2D eigenvalue weighted by Gasteiger charge is 2.21. The molecule has 1 fully saturated rings. The van der Waals surface area contributed by atoms with Crippen molar-refractivity contribution in [1.82, 2.24) is 14.5 Å². The van der Waals surface area contributed by atoms with Gasteiger partial charge in [0.2, 0.25) is 0 Å². The lowest BCUT2D eigenvalue weighted by Crippen LogP contribution is -2.47. The highest BCUT2D eigenvalue weighted by atomic mass is 16.6. The molecule has 0 N–H and O–H groups in total. The summed E-state index contributed by atoms with van der Waals surface area (Å²) in [6.07, 6.45) is 1.33. The maximum Gasteiger partial charge on any atom is 0.342 e. The molecule has 25 heavy (non-hydrogen) atoms. The summed E-state index contributed by atoms with van der Waals surface area (Å²) in [4.78, 5) is 19.4. The van der Waals surface area contributed by atoms with Gasteiger partial charge in [0, 0.05) is 51.4 Å². The summed E-state index contributed by atoms with van der Waals surface area (Å²) in [5.74, 6) is 1.61. The highest BCUT2D eigenvalue weighted by molar-refractivity contribution is 5.51. The van der Waals surface area contributed by atoms with Crippen molar-refractivity contribution in [2.75, 3.05) is 44.7 Å². The highest BCUT2D eigenvalue weighted by Crippen LogP contribution is 2.22. The van der Waals surface area contributed by atoms with Gasteiger partial charge in [-0.05, 0) is 17.1 Å². The molecule has 0 atom stereocenters. The zero-order chi connectivity index (χ0) is 17.8. The molecule has 0 amide bonds. The molecule has 0 aliphatic carbocycles. The topological polar surface area (TPSA) is 76.7 Å². The first-order valence-corrected chi connectivity index (χ1v) is 8.36. The molecule has 1 saturated heterocycles. The second kappa shape index (κ2) is 7.52. The van der Waals surface area contributed by atoms with Gasteiger partial charge in [0.05, 0.1) is 7.11 Å². The van der Waals surface area contributed by atoms with Crippen LogP contribution in [-0.4, -0.2) is 59.2 Å². The molecule has 3 rings (SSSR count). The fraction of sp³-hybridized carbons (Fsp3) is 0.471. The largest absolute Gasteiger partial charge is 0.497 e. The number of rotatable bonds is 6. The summed E-state index contributed by atoms with van der Waals surface area (Å²) < 4.78 is 6.96. The molecule has 2 aromatic rings. The average molecular weight is 345 g/mol. The number of imidazole rings is 1. The SMILES string of the molecule is COc1cccc(N2CCN(CCn3c([N+](=O)[O-])cnc3C)CC2)c1. The molecule has 1 aliphatic heterocycles. The number of benzene rings is 1. The Balaban J connectivity index is 1.55. The Hall–Kier alpha value is -2.61. The van der Waals surface area contributed by atoms with E-state index < -0.39 is 0 Å². The minimum Gasteiger partial charge on any atom is -0.497 e. The number of aryl methyl sites for hydroxylation is 1. The third kappa shape index (κ3) is 3.90. The molecule has 2 heterocycles. The number of piperazine rings is 1. The molecule has 1 aliphatic rings. The molecule has 0 spiro atoms. The number of hydrogen-bond donors (Lipinski definition) is 0. The summed E-state index contributed by atoms with van der Waals surface area (Å²) in [6, 6.07) is 8.09. The Kier molecular flexibility index (Phi) is 5.18. The van der Waals surface area contributed by atoms with E-state index in [9.17, 15) is 10.1 Å². The van der Waals surface area contributed by atoms with Gasteiger partial charge in [0.15, 0.2) is 5.82 Å². The van der Waals surface area contributed by atoms with E-state index in [2.05, 4.69) is 20.9 Å². The molecule has 0 bridgehead atoms. The standard InChI is InChI=1S/C17H23N5O3/c1-14-18-13-17(22(23)24)21(14)11-8-19-6-9-20(10-7-19)15-4-3-5-16(12-15)25-2/h3-5,12-13H,6-11H2,1-2H3. The number of ether oxygens (including phenoxy) is 1. The number of hydrogen-bond acceptors (Lipinski definition) is 6. The van der Waals surface area contributed by atoms with Crippen LogP contribution in [0, 0.1) is 17.0 Å². The molecular formula is C17H23N5O3. The number of aromatic nitrogens is 2. The second-order valence-electron chi connectivity index (χ2n) is 6.10. The van der Waals surface area contributed by atoms with Crippen molar-refractivity contribution in [3.05, 3.63) is 46.4 Å². The molecule has 0 saturated carbocycles. The molecule has 8 nitrogen and oxygen atoms in total. The van der Waals surface area contributed by atoms with Crippen LogP contribution in [0.5, 0.6) is 5.75 Å². The predicted octanol–water partition coefficient (Wildman–Crippen LogP) is 1.93. The quantitative estimate of drug-likeness (QED) is 0.588. The first kappa shape index (κ1) is 17.2. The average Bonchev–Trinajstić information content (AvgIpc) is 3.01. The van der Waals surface area contributed by atoms with Crippen LogP contribution >= 0.6 is 0 Å². The van der Waals surface area contributed by atoms with E-state index >= 15 is 0 Å². The maximum atomic E-state index is 11.1. The Morgan fingerprint density at radius 1 is 1.24 bits per heavy atom. The molecule has 8 heteroatoms. The normalized spacial score (nSPS) is 15.4. The van der Waals surface area contributed by atoms with Crippen LogP contribution < -0.4 is 9.64 Å². The van der Waals surface area contributed by atoms with Crippen molar-refractivity contribution in [3.63, 3.8) is 0 Å². The van der Waals surface area contributed by atoms with Gasteiger partial charge in [-0.15, -0.1) is 0 Å². The van der Waals surface area contributed by atoms with Gasteiger partial charge >= 0.3 is 5.82 Å². The second-order valence-corrected chi connectivity index (χ2v) is 6.10. The van der Waals surface area contributed by atoms with Gasteiger partial charge in [-0.25, -0.2) is 9.55 Å². The monoisotopic (exact) mass is 345 g/mol. The minimum absolute atomic E-state index is 0.0625. The van der Waals surface area contributed by atoms with Crippen LogP contribution in [0.4, 0.5) is 11.5 Å². The molecule has 0 radical (unpaired) electrons. The van der Waals surface area contributed by atoms with Gasteiger partial charge in [-0.1, -0.05) is 6.07 Å². The summed E-state index contributed by atoms with van der Waals surface area (Å²) in [6.45, 7) is 6.88. The first-order valence-electron chi connectivity index (χ1n) is 8.36. The van der Waals surface area contributed by atoms with Crippen LogP contribution in [0.15, 0.2) is 30.5 Å². The molecule has 1 aromatic carbocycles. The zero-order valence-electron chi connectivity index (χ0n) is 14.6. The van der Waals surface area contributed by atoms with Crippen LogP contribution in [-0.2, 0) is 6.54 Å². The van der Waals surface area contributed by atoms with Crippen molar-refractivity contribution in [2.24, 2.45) is 0 Å². The lowest BCUT2D eigenvalue weighted by molar-refractivity contribution is -0.392. The Labute approximate surface area is 146 Å². The summed E-state index contributed by atoms with van der Waals surface area (Å²) >= 11 is 0. The lowest BCUT2D eigenvalue weighted by atomic mass is 10.2. The summed E-state index contributed by atoms with van der Waals surface area (Å²) in [5, 5.41) is 11.1. The van der Waals surface area contributed by atoms with Crippen LogP contribution in [0.3, 0.4) is 0 Å². The van der Waals surface area contributed by atoms with Crippen LogP contribution in [0.2, 0.25) is 0 Å². The van der Waals surface area contributed by atoms with Crippen LogP contribution in [0.25, 0.3) is 0 Å². The van der Waals surface area contributed by atoms with Crippen molar-refractivity contribution >= 4 is 11.5 Å². The number of methoxy groups -OCH3 is 1. The van der Waals surface area contributed by atoms with Crippen LogP contribution in [0.1, 0.15) is 5.82 Å². The predicted molar refractivity (Wildman–Crippen MR) is 95.3 cm³/mol. The fourth-order valence-electron chi connectivity index (χ4n) is 3.16. The minimum atomic E-state index is -0.374. The van der Waals surface area contributed by atoms with E-state index in [1.807, 2.05) is 18.2 Å². The summed E-state index contributed by atoms with van der Waals surface area (Å²) in [5.41, 5.74) is 1.17. The molecule has 1 aromatic heterocycles. The molecule has 0 unspecified atom stereocenters. The van der Waals surface area contributed by atoms with Crippen molar-refractivity contribution in [3.8, 4) is 5.75 Å². The third-order valence-electron chi connectivity index (χ3n) is 4.65. The van der Waals surface area contributed by atoms with E-state index in [0.717, 1.165) is 38.5 Å². The van der Waals surface area contributed by atoms with E-state index in [0.29, 0.717) is 12.4 Å². The lowest BCUT2D eigenvalue weighted by Gasteiger charge is -2.35. The zero-order valence-corrected chi connectivity index (χ0v) is 14.6. The third-order valence-corrected chi connectivity index (χ3v) is 4.65. The fourth-order valence-corrected chi connectivity index (χ4v) is 3.16. The molecule has 134 valence electrons. The summed E-state index contributed by atoms with van der Waals surface area (Å²) in [7, 11) is 1.67. The number of nitrogens with zero attached hydrogens (tertiary/aromatic N) is 5. The number of nitro groups is 1. The smallest absolute Gasteiger partial charge is 0.342 e. The van der Waals surface area contributed by atoms with E-state index in [1.54, 1.807) is 18.6 Å². The van der Waals surface area contributed by atoms with E-state index in [1.165, 1.54) is 11.9 Å². The number of anilines is 1. The maximum absolute atomic E-state index is 11.1. The Morgan fingerprint density at radius 2 is 2.00 bits per heavy atom. The van der Waals surface area contributed by atoms with Gasteiger partial charge in [-0.2, -0.15) is 0 Å². The Morgan fingerprint density at radius 3 is 2.68 bits per heavy atom. The van der Waals surface area contributed by atoms with E-state index in [-0.39, 0.29) is 10.7 Å². The molecular weight excluding hydrogens is 322 g/mol. The van der Waals surface area contributed by atoms with Gasteiger partial charge in [0.25, 0.3) is 0 Å².